The second-order valence-electron chi connectivity index (χ2n) is 7.72. The molecule has 1 aromatic rings. The van der Waals surface area contributed by atoms with Gasteiger partial charge in [0.05, 0.1) is 17.0 Å². The Kier molecular flexibility index (Phi) is 6.37. The molecule has 0 spiro atoms. The van der Waals surface area contributed by atoms with Gasteiger partial charge in [0, 0.05) is 32.9 Å². The lowest BCUT2D eigenvalue weighted by Gasteiger charge is -2.33. The van der Waals surface area contributed by atoms with E-state index in [4.69, 9.17) is 0 Å². The summed E-state index contributed by atoms with van der Waals surface area (Å²) >= 11 is 0. The van der Waals surface area contributed by atoms with Gasteiger partial charge in [-0.05, 0) is 54.5 Å². The molecule has 0 aromatic carbocycles. The number of anilines is 1. The van der Waals surface area contributed by atoms with Crippen molar-refractivity contribution in [3.8, 4) is 11.8 Å². The fourth-order valence-electron chi connectivity index (χ4n) is 4.04. The zero-order valence-corrected chi connectivity index (χ0v) is 18.2. The van der Waals surface area contributed by atoms with E-state index in [-0.39, 0.29) is 11.9 Å². The van der Waals surface area contributed by atoms with E-state index in [0.717, 1.165) is 29.9 Å². The summed E-state index contributed by atoms with van der Waals surface area (Å²) in [6.45, 7) is 3.82. The summed E-state index contributed by atoms with van der Waals surface area (Å²) in [6, 6.07) is 1.60. The van der Waals surface area contributed by atoms with Gasteiger partial charge in [-0.25, -0.2) is 4.79 Å². The Hall–Kier alpha value is -3.85. The number of rotatable bonds is 3. The molecule has 3 aliphatic heterocycles. The molecule has 0 saturated heterocycles. The average Bonchev–Trinajstić information content (AvgIpc) is 2.84. The average molecular weight is 428 g/mol. The van der Waals surface area contributed by atoms with Gasteiger partial charge in [-0.15, -0.1) is 5.92 Å². The van der Waals surface area contributed by atoms with Crippen LogP contribution in [-0.4, -0.2) is 47.9 Å². The third-order valence-electron chi connectivity index (χ3n) is 5.65. The van der Waals surface area contributed by atoms with Crippen molar-refractivity contribution < 1.29 is 9.59 Å². The number of hydrogen-bond acceptors (Lipinski definition) is 6. The Bertz CT molecular complexity index is 1170. The molecule has 0 saturated carbocycles. The topological polar surface area (TPSA) is 86.4 Å². The number of hydrogen-bond donors (Lipinski definition) is 3. The van der Waals surface area contributed by atoms with Crippen LogP contribution < -0.4 is 16.0 Å². The lowest BCUT2D eigenvalue weighted by molar-refractivity contribution is -0.124. The number of nitrogens with one attached hydrogen (secondary N) is 3. The second-order valence-corrected chi connectivity index (χ2v) is 7.72. The molecule has 7 heteroatoms. The third-order valence-corrected chi connectivity index (χ3v) is 5.65. The summed E-state index contributed by atoms with van der Waals surface area (Å²) in [4.78, 5) is 30.6. The van der Waals surface area contributed by atoms with Crippen LogP contribution in [0.25, 0.3) is 6.08 Å². The van der Waals surface area contributed by atoms with E-state index in [1.165, 1.54) is 11.1 Å². The van der Waals surface area contributed by atoms with Crippen LogP contribution >= 0.6 is 0 Å². The predicted molar refractivity (Wildman–Crippen MR) is 125 cm³/mol. The summed E-state index contributed by atoms with van der Waals surface area (Å²) in [5.74, 6) is 7.57. The summed E-state index contributed by atoms with van der Waals surface area (Å²) in [5.41, 5.74) is 5.75. The molecule has 0 bridgehead atoms. The van der Waals surface area contributed by atoms with E-state index in [1.807, 2.05) is 24.3 Å². The summed E-state index contributed by atoms with van der Waals surface area (Å²) in [7, 11) is 1.65. The normalized spacial score (nSPS) is 21.9. The first kappa shape index (κ1) is 21.4. The molecule has 3 aliphatic rings. The SMILES string of the molecule is CC#CC1=Cc2ncc(CN3CC(=C4C=CNCC4)C=CC3C(=O)NC)cc2NC1=C=O. The van der Waals surface area contributed by atoms with E-state index >= 15 is 0 Å². The van der Waals surface area contributed by atoms with Crippen LogP contribution in [0, 0.1) is 11.8 Å². The van der Waals surface area contributed by atoms with Crippen molar-refractivity contribution in [3.63, 3.8) is 0 Å². The van der Waals surface area contributed by atoms with E-state index in [2.05, 4.69) is 49.8 Å². The van der Waals surface area contributed by atoms with Crippen molar-refractivity contribution in [1.82, 2.24) is 20.5 Å². The molecule has 0 radical (unpaired) electrons. The number of nitrogens with zero attached hydrogens (tertiary/aromatic N) is 2. The molecule has 1 aromatic heterocycles. The van der Waals surface area contributed by atoms with Crippen molar-refractivity contribution in [2.45, 2.75) is 25.9 Å². The van der Waals surface area contributed by atoms with E-state index < -0.39 is 0 Å². The third kappa shape index (κ3) is 4.42. The molecule has 4 rings (SSSR count). The number of aromatic nitrogens is 1. The van der Waals surface area contributed by atoms with Crippen LogP contribution in [0.3, 0.4) is 0 Å². The van der Waals surface area contributed by atoms with E-state index in [1.54, 1.807) is 26.2 Å². The minimum absolute atomic E-state index is 0.0490. The predicted octanol–water partition coefficient (Wildman–Crippen LogP) is 1.92. The van der Waals surface area contributed by atoms with Crippen molar-refractivity contribution in [2.24, 2.45) is 0 Å². The first-order valence-corrected chi connectivity index (χ1v) is 10.5. The molecule has 4 heterocycles. The molecule has 32 heavy (non-hydrogen) atoms. The lowest BCUT2D eigenvalue weighted by atomic mass is 9.96. The molecule has 1 unspecified atom stereocenters. The zero-order valence-electron chi connectivity index (χ0n) is 18.2. The van der Waals surface area contributed by atoms with Gasteiger partial charge in [0.25, 0.3) is 0 Å². The highest BCUT2D eigenvalue weighted by Crippen LogP contribution is 2.29. The summed E-state index contributed by atoms with van der Waals surface area (Å²) < 4.78 is 0. The molecular weight excluding hydrogens is 402 g/mol. The van der Waals surface area contributed by atoms with Gasteiger partial charge in [-0.2, -0.15) is 0 Å². The van der Waals surface area contributed by atoms with Crippen LogP contribution in [0.1, 0.15) is 24.6 Å². The van der Waals surface area contributed by atoms with Gasteiger partial charge in [0.2, 0.25) is 5.91 Å². The highest BCUT2D eigenvalue weighted by Gasteiger charge is 2.28. The van der Waals surface area contributed by atoms with Crippen molar-refractivity contribution >= 4 is 23.6 Å². The largest absolute Gasteiger partial charge is 0.391 e. The fourth-order valence-corrected chi connectivity index (χ4v) is 4.04. The standard InChI is InChI=1S/C25H25N5O2/c1-3-4-19-12-21-22(29-23(19)16-31)11-17(13-28-21)14-30-15-20(18-7-9-27-10-8-18)5-6-24(30)25(32)26-2/h5-7,9,11-13,24,27,29H,8,10,14-15H2,1-2H3,(H,26,32). The van der Waals surface area contributed by atoms with Crippen LogP contribution in [0.4, 0.5) is 5.69 Å². The first-order chi connectivity index (χ1) is 15.6. The van der Waals surface area contributed by atoms with Crippen molar-refractivity contribution in [2.75, 3.05) is 25.5 Å². The van der Waals surface area contributed by atoms with Crippen LogP contribution in [0.15, 0.2) is 59.1 Å². The van der Waals surface area contributed by atoms with Crippen LogP contribution in [0.5, 0.6) is 0 Å². The molecule has 0 aliphatic carbocycles. The maximum Gasteiger partial charge on any atom is 0.241 e. The Morgan fingerprint density at radius 1 is 1.34 bits per heavy atom. The number of likely N-dealkylation sites (N-methyl/N-ethyl adjacent to an activating group) is 1. The van der Waals surface area contributed by atoms with E-state index in [0.29, 0.717) is 24.4 Å². The molecule has 162 valence electrons. The molecule has 1 atom stereocenters. The Morgan fingerprint density at radius 3 is 2.94 bits per heavy atom. The van der Waals surface area contributed by atoms with E-state index in [9.17, 15) is 9.59 Å². The van der Waals surface area contributed by atoms with Crippen molar-refractivity contribution in [1.29, 1.82) is 0 Å². The molecule has 1 amide bonds. The van der Waals surface area contributed by atoms with Crippen molar-refractivity contribution in [3.05, 3.63) is 70.4 Å². The van der Waals surface area contributed by atoms with Gasteiger partial charge in [0.1, 0.15) is 11.7 Å². The molecule has 0 fully saturated rings. The Balaban J connectivity index is 1.63. The monoisotopic (exact) mass is 427 g/mol. The number of fused-ring (bicyclic) bond motifs is 1. The Morgan fingerprint density at radius 2 is 2.22 bits per heavy atom. The number of carbonyl (C=O) groups excluding carboxylic acids is 2. The number of amides is 1. The van der Waals surface area contributed by atoms with Gasteiger partial charge in [-0.3, -0.25) is 14.7 Å². The fraction of sp³-hybridized carbons (Fsp3) is 0.280. The van der Waals surface area contributed by atoms with Gasteiger partial charge in [-0.1, -0.05) is 18.1 Å². The first-order valence-electron chi connectivity index (χ1n) is 10.5. The Labute approximate surface area is 187 Å². The highest BCUT2D eigenvalue weighted by molar-refractivity contribution is 5.85. The molecular formula is C25H25N5O2. The minimum Gasteiger partial charge on any atom is -0.391 e. The van der Waals surface area contributed by atoms with Gasteiger partial charge < -0.3 is 16.0 Å². The quantitative estimate of drug-likeness (QED) is 0.505. The minimum atomic E-state index is -0.365. The van der Waals surface area contributed by atoms with Crippen LogP contribution in [-0.2, 0) is 16.1 Å². The van der Waals surface area contributed by atoms with Gasteiger partial charge in [0.15, 0.2) is 5.94 Å². The zero-order chi connectivity index (χ0) is 22.5. The van der Waals surface area contributed by atoms with Crippen LogP contribution in [0.2, 0.25) is 0 Å². The number of allylic oxidation sites excluding steroid dienone is 2. The smallest absolute Gasteiger partial charge is 0.241 e. The molecule has 3 N–H and O–H groups in total. The lowest BCUT2D eigenvalue weighted by Crippen LogP contribution is -2.47. The molecule has 7 nitrogen and oxygen atoms in total. The maximum atomic E-state index is 12.5. The summed E-state index contributed by atoms with van der Waals surface area (Å²) in [5, 5.41) is 9.06. The summed E-state index contributed by atoms with van der Waals surface area (Å²) in [6.07, 6.45) is 12.6. The number of carbonyl (C=O) groups is 1. The second kappa shape index (κ2) is 9.52. The van der Waals surface area contributed by atoms with Gasteiger partial charge >= 0.3 is 0 Å². The highest BCUT2D eigenvalue weighted by atomic mass is 16.2. The maximum absolute atomic E-state index is 12.5. The number of pyridine rings is 1.